The number of likely N-dealkylation sites (N-methyl/N-ethyl adjacent to an activating group) is 1. The van der Waals surface area contributed by atoms with Crippen LogP contribution in [0.2, 0.25) is 0 Å². The molecule has 0 bridgehead atoms. The fourth-order valence-electron chi connectivity index (χ4n) is 2.43. The minimum absolute atomic E-state index is 0.210. The molecule has 1 aliphatic heterocycles. The lowest BCUT2D eigenvalue weighted by atomic mass is 10.1. The van der Waals surface area contributed by atoms with Gasteiger partial charge in [-0.1, -0.05) is 13.8 Å². The number of nitrogens with two attached hydrogens (primary N) is 1. The molecule has 19 heavy (non-hydrogen) atoms. The average molecular weight is 271 g/mol. The summed E-state index contributed by atoms with van der Waals surface area (Å²) in [5.41, 5.74) is 5.42. The highest BCUT2D eigenvalue weighted by Gasteiger charge is 2.20. The summed E-state index contributed by atoms with van der Waals surface area (Å²) in [5.74, 6) is -0.249. The number of carbonyl (C=O) groups excluding carboxylic acids is 1. The van der Waals surface area contributed by atoms with Crippen molar-refractivity contribution in [1.82, 2.24) is 10.2 Å². The van der Waals surface area contributed by atoms with E-state index in [4.69, 9.17) is 10.5 Å². The molecule has 5 heteroatoms. The van der Waals surface area contributed by atoms with Gasteiger partial charge in [-0.15, -0.1) is 0 Å². The molecule has 3 N–H and O–H groups in total. The van der Waals surface area contributed by atoms with Gasteiger partial charge in [-0.05, 0) is 38.8 Å². The van der Waals surface area contributed by atoms with Crippen LogP contribution in [0.25, 0.3) is 0 Å². The van der Waals surface area contributed by atoms with Gasteiger partial charge in [-0.3, -0.25) is 4.79 Å². The normalized spacial score (nSPS) is 20.9. The van der Waals surface area contributed by atoms with Gasteiger partial charge in [0.05, 0.1) is 12.1 Å². The zero-order chi connectivity index (χ0) is 14.1. The van der Waals surface area contributed by atoms with Crippen molar-refractivity contribution in [2.24, 2.45) is 5.73 Å². The third-order valence-corrected chi connectivity index (χ3v) is 3.65. The van der Waals surface area contributed by atoms with E-state index in [1.54, 1.807) is 0 Å². The van der Waals surface area contributed by atoms with Gasteiger partial charge in [-0.2, -0.15) is 0 Å². The van der Waals surface area contributed by atoms with E-state index in [2.05, 4.69) is 24.1 Å². The van der Waals surface area contributed by atoms with E-state index in [-0.39, 0.29) is 11.9 Å². The van der Waals surface area contributed by atoms with Gasteiger partial charge >= 0.3 is 0 Å². The Morgan fingerprint density at radius 3 is 2.84 bits per heavy atom. The highest BCUT2D eigenvalue weighted by Crippen LogP contribution is 2.13. The molecule has 0 aromatic rings. The SMILES string of the molecule is CCCNC(CCN(CC)CC1CCCO1)C(N)=O. The third kappa shape index (κ3) is 6.36. The van der Waals surface area contributed by atoms with Gasteiger partial charge in [0.1, 0.15) is 0 Å². The van der Waals surface area contributed by atoms with Gasteiger partial charge in [0, 0.05) is 19.7 Å². The molecule has 0 spiro atoms. The van der Waals surface area contributed by atoms with E-state index in [0.29, 0.717) is 6.10 Å². The van der Waals surface area contributed by atoms with Crippen LogP contribution in [0.4, 0.5) is 0 Å². The Morgan fingerprint density at radius 2 is 2.32 bits per heavy atom. The summed E-state index contributed by atoms with van der Waals surface area (Å²) in [7, 11) is 0. The maximum Gasteiger partial charge on any atom is 0.234 e. The Bertz CT molecular complexity index is 255. The number of hydrogen-bond acceptors (Lipinski definition) is 4. The van der Waals surface area contributed by atoms with Crippen molar-refractivity contribution >= 4 is 5.91 Å². The summed E-state index contributed by atoms with van der Waals surface area (Å²) in [4.78, 5) is 13.7. The Morgan fingerprint density at radius 1 is 1.53 bits per heavy atom. The topological polar surface area (TPSA) is 67.6 Å². The minimum Gasteiger partial charge on any atom is -0.377 e. The number of nitrogens with zero attached hydrogens (tertiary/aromatic N) is 1. The highest BCUT2D eigenvalue weighted by atomic mass is 16.5. The molecule has 1 saturated heterocycles. The molecular weight excluding hydrogens is 242 g/mol. The first-order valence-electron chi connectivity index (χ1n) is 7.54. The monoisotopic (exact) mass is 271 g/mol. The summed E-state index contributed by atoms with van der Waals surface area (Å²) in [6.45, 7) is 8.81. The van der Waals surface area contributed by atoms with Crippen molar-refractivity contribution in [3.63, 3.8) is 0 Å². The van der Waals surface area contributed by atoms with Crippen molar-refractivity contribution in [1.29, 1.82) is 0 Å². The highest BCUT2D eigenvalue weighted by molar-refractivity contribution is 5.79. The molecule has 1 aliphatic rings. The number of carbonyl (C=O) groups is 1. The first kappa shape index (κ1) is 16.4. The van der Waals surface area contributed by atoms with E-state index in [1.165, 1.54) is 6.42 Å². The summed E-state index contributed by atoms with van der Waals surface area (Å²) < 4.78 is 5.66. The minimum atomic E-state index is -0.249. The summed E-state index contributed by atoms with van der Waals surface area (Å²) in [6.07, 6.45) is 4.48. The molecule has 0 saturated carbocycles. The second-order valence-electron chi connectivity index (χ2n) is 5.23. The smallest absolute Gasteiger partial charge is 0.234 e. The first-order valence-corrected chi connectivity index (χ1v) is 7.54. The largest absolute Gasteiger partial charge is 0.377 e. The van der Waals surface area contributed by atoms with E-state index in [0.717, 1.165) is 52.0 Å². The second kappa shape index (κ2) is 9.28. The lowest BCUT2D eigenvalue weighted by molar-refractivity contribution is -0.120. The van der Waals surface area contributed by atoms with Crippen molar-refractivity contribution in [3.8, 4) is 0 Å². The molecule has 1 amide bonds. The van der Waals surface area contributed by atoms with Gasteiger partial charge < -0.3 is 20.7 Å². The van der Waals surface area contributed by atoms with Crippen LogP contribution in [0.5, 0.6) is 0 Å². The molecule has 112 valence electrons. The molecule has 0 aromatic heterocycles. The summed E-state index contributed by atoms with van der Waals surface area (Å²) >= 11 is 0. The van der Waals surface area contributed by atoms with Crippen molar-refractivity contribution < 1.29 is 9.53 Å². The summed E-state index contributed by atoms with van der Waals surface area (Å²) in [5, 5.41) is 3.21. The average Bonchev–Trinajstić information content (AvgIpc) is 2.89. The predicted octanol–water partition coefficient (Wildman–Crippen LogP) is 0.731. The van der Waals surface area contributed by atoms with E-state index in [9.17, 15) is 4.79 Å². The van der Waals surface area contributed by atoms with Crippen LogP contribution in [0.1, 0.15) is 39.5 Å². The van der Waals surface area contributed by atoms with E-state index in [1.807, 2.05) is 0 Å². The van der Waals surface area contributed by atoms with Crippen molar-refractivity contribution in [3.05, 3.63) is 0 Å². The number of hydrogen-bond donors (Lipinski definition) is 2. The first-order chi connectivity index (χ1) is 9.17. The third-order valence-electron chi connectivity index (χ3n) is 3.65. The quantitative estimate of drug-likeness (QED) is 0.615. The van der Waals surface area contributed by atoms with Gasteiger partial charge in [0.15, 0.2) is 0 Å². The molecule has 0 aliphatic carbocycles. The lowest BCUT2D eigenvalue weighted by Crippen LogP contribution is -2.44. The van der Waals surface area contributed by atoms with Crippen LogP contribution in [-0.2, 0) is 9.53 Å². The van der Waals surface area contributed by atoms with Crippen molar-refractivity contribution in [2.75, 3.05) is 32.8 Å². The van der Waals surface area contributed by atoms with Crippen LogP contribution in [0, 0.1) is 0 Å². The molecule has 2 atom stereocenters. The summed E-state index contributed by atoms with van der Waals surface area (Å²) in [6, 6.07) is -0.210. The zero-order valence-electron chi connectivity index (χ0n) is 12.4. The van der Waals surface area contributed by atoms with Gasteiger partial charge in [-0.25, -0.2) is 0 Å². The van der Waals surface area contributed by atoms with Crippen LogP contribution in [0.3, 0.4) is 0 Å². The lowest BCUT2D eigenvalue weighted by Gasteiger charge is -2.25. The Labute approximate surface area is 116 Å². The van der Waals surface area contributed by atoms with Crippen LogP contribution in [-0.4, -0.2) is 55.7 Å². The number of nitrogens with one attached hydrogen (secondary N) is 1. The molecule has 5 nitrogen and oxygen atoms in total. The molecule has 0 radical (unpaired) electrons. The molecule has 0 aromatic carbocycles. The van der Waals surface area contributed by atoms with E-state index >= 15 is 0 Å². The predicted molar refractivity (Wildman–Crippen MR) is 77.0 cm³/mol. The number of rotatable bonds is 10. The maximum absolute atomic E-state index is 11.4. The Hall–Kier alpha value is -0.650. The Balaban J connectivity index is 2.30. The maximum atomic E-state index is 11.4. The van der Waals surface area contributed by atoms with Crippen LogP contribution in [0.15, 0.2) is 0 Å². The number of ether oxygens (including phenoxy) is 1. The van der Waals surface area contributed by atoms with Crippen LogP contribution < -0.4 is 11.1 Å². The fourth-order valence-corrected chi connectivity index (χ4v) is 2.43. The van der Waals surface area contributed by atoms with Gasteiger partial charge in [0.25, 0.3) is 0 Å². The van der Waals surface area contributed by atoms with E-state index < -0.39 is 0 Å². The van der Waals surface area contributed by atoms with Crippen LogP contribution >= 0.6 is 0 Å². The number of amides is 1. The second-order valence-corrected chi connectivity index (χ2v) is 5.23. The molecule has 1 heterocycles. The van der Waals surface area contributed by atoms with Gasteiger partial charge in [0.2, 0.25) is 5.91 Å². The fraction of sp³-hybridized carbons (Fsp3) is 0.929. The molecule has 2 unspecified atom stereocenters. The van der Waals surface area contributed by atoms with Crippen molar-refractivity contribution in [2.45, 2.75) is 51.7 Å². The molecule has 1 rings (SSSR count). The standard InChI is InChI=1S/C14H29N3O2/c1-3-8-16-13(14(15)18)7-9-17(4-2)11-12-6-5-10-19-12/h12-13,16H,3-11H2,1-2H3,(H2,15,18). The molecule has 1 fully saturated rings. The zero-order valence-corrected chi connectivity index (χ0v) is 12.4. The number of primary amides is 1. The molecular formula is C14H29N3O2. The Kier molecular flexibility index (Phi) is 8.02.